The first-order chi connectivity index (χ1) is 14.9. The van der Waals surface area contributed by atoms with E-state index < -0.39 is 37.1 Å². The number of ether oxygens (including phenoxy) is 2. The minimum absolute atomic E-state index is 0.187. The van der Waals surface area contributed by atoms with Gasteiger partial charge in [-0.05, 0) is 41.3 Å². The van der Waals surface area contributed by atoms with E-state index in [1.807, 2.05) is 24.3 Å². The topological polar surface area (TPSA) is 120 Å². The Morgan fingerprint density at radius 2 is 1.68 bits per heavy atom. The second-order valence-corrected chi connectivity index (χ2v) is 7.63. The van der Waals surface area contributed by atoms with Crippen LogP contribution in [0.15, 0.2) is 42.5 Å². The molecule has 1 heterocycles. The molecule has 0 spiro atoms. The summed E-state index contributed by atoms with van der Waals surface area (Å²) in [6.07, 6.45) is -5.57. The van der Waals surface area contributed by atoms with Crippen molar-refractivity contribution in [1.82, 2.24) is 0 Å². The molecule has 1 fully saturated rings. The van der Waals surface area contributed by atoms with Gasteiger partial charge in [0.2, 0.25) is 0 Å². The lowest BCUT2D eigenvalue weighted by atomic mass is 9.90. The zero-order valence-corrected chi connectivity index (χ0v) is 17.4. The van der Waals surface area contributed by atoms with E-state index in [1.165, 1.54) is 0 Å². The predicted octanol–water partition coefficient (Wildman–Crippen LogP) is 0.820. The molecule has 5 N–H and O–H groups in total. The lowest BCUT2D eigenvalue weighted by molar-refractivity contribution is -0.231. The van der Waals surface area contributed by atoms with Gasteiger partial charge in [0.25, 0.3) is 0 Å². The molecular formula is C23H25ClO7. The highest BCUT2D eigenvalue weighted by Crippen LogP contribution is 2.34. The molecule has 0 saturated carbocycles. The van der Waals surface area contributed by atoms with Crippen molar-refractivity contribution in [2.45, 2.75) is 36.9 Å². The molecule has 0 unspecified atom stereocenters. The number of hydrogen-bond donors (Lipinski definition) is 5. The molecule has 31 heavy (non-hydrogen) atoms. The van der Waals surface area contributed by atoms with Crippen LogP contribution in [0.2, 0.25) is 5.02 Å². The Morgan fingerprint density at radius 3 is 2.35 bits per heavy atom. The third-order valence-electron chi connectivity index (χ3n) is 5.12. The lowest BCUT2D eigenvalue weighted by Gasteiger charge is -2.40. The van der Waals surface area contributed by atoms with E-state index in [0.717, 1.165) is 11.1 Å². The summed E-state index contributed by atoms with van der Waals surface area (Å²) in [6.45, 7) is -0.500. The van der Waals surface area contributed by atoms with Crippen molar-refractivity contribution in [3.63, 3.8) is 0 Å². The monoisotopic (exact) mass is 448 g/mol. The van der Waals surface area contributed by atoms with E-state index in [2.05, 4.69) is 11.8 Å². The summed E-state index contributed by atoms with van der Waals surface area (Å²) >= 11 is 6.37. The predicted molar refractivity (Wildman–Crippen MR) is 114 cm³/mol. The van der Waals surface area contributed by atoms with E-state index in [9.17, 15) is 20.4 Å². The maximum atomic E-state index is 10.4. The standard InChI is InChI=1S/C23H25ClO7/c24-18-8-5-15(23-22(29)21(28)20(27)19(13-26)31-23)12-16(18)11-14-3-6-17(7-4-14)30-10-2-1-9-25/h3-8,12,19-23,25-29H,9-11,13H2/t19-,20-,21+,22-,23-/m1/s1. The summed E-state index contributed by atoms with van der Waals surface area (Å²) in [5, 5.41) is 49.0. The average molecular weight is 449 g/mol. The fraction of sp³-hybridized carbons (Fsp3) is 0.391. The first-order valence-corrected chi connectivity index (χ1v) is 10.2. The molecule has 1 aliphatic heterocycles. The van der Waals surface area contributed by atoms with E-state index in [4.69, 9.17) is 26.2 Å². The summed E-state index contributed by atoms with van der Waals surface area (Å²) in [5.74, 6) is 5.84. The molecule has 0 radical (unpaired) electrons. The van der Waals surface area contributed by atoms with Crippen LogP contribution in [0.3, 0.4) is 0 Å². The van der Waals surface area contributed by atoms with Crippen LogP contribution >= 0.6 is 11.6 Å². The van der Waals surface area contributed by atoms with Crippen LogP contribution in [0.5, 0.6) is 5.75 Å². The molecular weight excluding hydrogens is 424 g/mol. The minimum atomic E-state index is -1.44. The quantitative estimate of drug-likeness (QED) is 0.415. The molecule has 1 aliphatic rings. The van der Waals surface area contributed by atoms with Gasteiger partial charge >= 0.3 is 0 Å². The molecule has 0 aliphatic carbocycles. The Hall–Kier alpha value is -2.15. The number of benzene rings is 2. The Kier molecular flexibility index (Phi) is 8.29. The highest BCUT2D eigenvalue weighted by atomic mass is 35.5. The molecule has 8 heteroatoms. The molecule has 2 aromatic carbocycles. The Balaban J connectivity index is 1.74. The highest BCUT2D eigenvalue weighted by Gasteiger charge is 2.43. The smallest absolute Gasteiger partial charge is 0.149 e. The maximum Gasteiger partial charge on any atom is 0.149 e. The molecule has 2 aromatic rings. The van der Waals surface area contributed by atoms with E-state index in [-0.39, 0.29) is 13.2 Å². The largest absolute Gasteiger partial charge is 0.481 e. The molecule has 7 nitrogen and oxygen atoms in total. The zero-order valence-electron chi connectivity index (χ0n) is 16.7. The number of rotatable bonds is 6. The normalized spacial score (nSPS) is 25.5. The van der Waals surface area contributed by atoms with Gasteiger partial charge in [0, 0.05) is 5.02 Å². The van der Waals surface area contributed by atoms with Crippen LogP contribution in [-0.2, 0) is 11.2 Å². The maximum absolute atomic E-state index is 10.4. The second-order valence-electron chi connectivity index (χ2n) is 7.22. The van der Waals surface area contributed by atoms with Crippen molar-refractivity contribution in [3.05, 3.63) is 64.2 Å². The van der Waals surface area contributed by atoms with Gasteiger partial charge in [-0.3, -0.25) is 0 Å². The van der Waals surface area contributed by atoms with Crippen molar-refractivity contribution in [2.75, 3.05) is 19.8 Å². The summed E-state index contributed by atoms with van der Waals surface area (Å²) < 4.78 is 11.1. The second kappa shape index (κ2) is 10.9. The van der Waals surface area contributed by atoms with E-state index >= 15 is 0 Å². The van der Waals surface area contributed by atoms with E-state index in [1.54, 1.807) is 18.2 Å². The Bertz CT molecular complexity index is 920. The molecule has 0 aromatic heterocycles. The van der Waals surface area contributed by atoms with Crippen molar-refractivity contribution < 1.29 is 35.0 Å². The van der Waals surface area contributed by atoms with Gasteiger partial charge in [0.15, 0.2) is 0 Å². The van der Waals surface area contributed by atoms with E-state index in [0.29, 0.717) is 22.8 Å². The van der Waals surface area contributed by atoms with Gasteiger partial charge < -0.3 is 35.0 Å². The third kappa shape index (κ3) is 5.76. The zero-order chi connectivity index (χ0) is 22.4. The lowest BCUT2D eigenvalue weighted by Crippen LogP contribution is -2.55. The fourth-order valence-electron chi connectivity index (χ4n) is 3.43. The third-order valence-corrected chi connectivity index (χ3v) is 5.49. The van der Waals surface area contributed by atoms with Crippen LogP contribution in [0.1, 0.15) is 22.8 Å². The van der Waals surface area contributed by atoms with Gasteiger partial charge in [-0.2, -0.15) is 0 Å². The van der Waals surface area contributed by atoms with Crippen molar-refractivity contribution in [3.8, 4) is 17.6 Å². The van der Waals surface area contributed by atoms with Gasteiger partial charge in [0.05, 0.1) is 6.61 Å². The number of hydrogen-bond acceptors (Lipinski definition) is 7. The van der Waals surface area contributed by atoms with Crippen molar-refractivity contribution >= 4 is 11.6 Å². The van der Waals surface area contributed by atoms with Crippen LogP contribution in [0.4, 0.5) is 0 Å². The van der Waals surface area contributed by atoms with Gasteiger partial charge in [-0.15, -0.1) is 0 Å². The van der Waals surface area contributed by atoms with Gasteiger partial charge in [-0.1, -0.05) is 47.7 Å². The molecule has 3 rings (SSSR count). The molecule has 0 bridgehead atoms. The number of aliphatic hydroxyl groups is 5. The van der Waals surface area contributed by atoms with Gasteiger partial charge in [0.1, 0.15) is 49.5 Å². The van der Waals surface area contributed by atoms with Gasteiger partial charge in [-0.25, -0.2) is 0 Å². The Morgan fingerprint density at radius 1 is 0.935 bits per heavy atom. The van der Waals surface area contributed by atoms with Crippen LogP contribution < -0.4 is 4.74 Å². The summed E-state index contributed by atoms with van der Waals surface area (Å²) in [6, 6.07) is 12.6. The van der Waals surface area contributed by atoms with Crippen LogP contribution in [0, 0.1) is 11.8 Å². The minimum Gasteiger partial charge on any atom is -0.481 e. The van der Waals surface area contributed by atoms with Crippen molar-refractivity contribution in [2.24, 2.45) is 0 Å². The summed E-state index contributed by atoms with van der Waals surface area (Å²) in [4.78, 5) is 0. The highest BCUT2D eigenvalue weighted by molar-refractivity contribution is 6.31. The first-order valence-electron chi connectivity index (χ1n) is 9.81. The van der Waals surface area contributed by atoms with Crippen molar-refractivity contribution in [1.29, 1.82) is 0 Å². The SMILES string of the molecule is OCC#CCOc1ccc(Cc2cc([C@H]3O[C@H](CO)[C@@H](O)[C@H](O)[C@H]3O)ccc2Cl)cc1. The summed E-state index contributed by atoms with van der Waals surface area (Å²) in [7, 11) is 0. The van der Waals surface area contributed by atoms with Crippen LogP contribution in [0.25, 0.3) is 0 Å². The number of aliphatic hydroxyl groups excluding tert-OH is 5. The average Bonchev–Trinajstić information content (AvgIpc) is 2.78. The summed E-state index contributed by atoms with van der Waals surface area (Å²) in [5.41, 5.74) is 2.35. The molecule has 166 valence electrons. The molecule has 0 amide bonds. The molecule has 5 atom stereocenters. The Labute approximate surface area is 185 Å². The molecule has 1 saturated heterocycles. The number of halogens is 1. The van der Waals surface area contributed by atoms with Crippen LogP contribution in [-0.4, -0.2) is 69.8 Å². The first kappa shape index (κ1) is 23.5. The fourth-order valence-corrected chi connectivity index (χ4v) is 3.62.